The molecule has 0 aliphatic carbocycles. The van der Waals surface area contributed by atoms with E-state index in [1.807, 2.05) is 18.2 Å². The van der Waals surface area contributed by atoms with Crippen molar-refractivity contribution >= 4 is 11.7 Å². The van der Waals surface area contributed by atoms with Crippen molar-refractivity contribution in [1.29, 1.82) is 0 Å². The molecule has 2 rings (SSSR count). The molecule has 1 fully saturated rings. The predicted octanol–water partition coefficient (Wildman–Crippen LogP) is 1.78. The Kier molecular flexibility index (Phi) is 6.47. The van der Waals surface area contributed by atoms with Crippen molar-refractivity contribution in [1.82, 2.24) is 15.6 Å². The molecule has 1 amide bonds. The van der Waals surface area contributed by atoms with Crippen molar-refractivity contribution in [2.75, 3.05) is 25.0 Å². The molecular formula is C16H26N4O. The number of carbonyl (C=O) groups is 1. The number of nitrogens with one attached hydrogen (secondary N) is 3. The fourth-order valence-electron chi connectivity index (χ4n) is 2.66. The number of pyridine rings is 1. The molecule has 5 heteroatoms. The van der Waals surface area contributed by atoms with E-state index in [4.69, 9.17) is 0 Å². The maximum absolute atomic E-state index is 12.0. The summed E-state index contributed by atoms with van der Waals surface area (Å²) in [5.74, 6) is 1.32. The third-order valence-corrected chi connectivity index (χ3v) is 3.87. The van der Waals surface area contributed by atoms with E-state index in [-0.39, 0.29) is 11.8 Å². The maximum atomic E-state index is 12.0. The Bertz CT molecular complexity index is 424. The van der Waals surface area contributed by atoms with E-state index in [9.17, 15) is 4.79 Å². The van der Waals surface area contributed by atoms with Gasteiger partial charge in [0.2, 0.25) is 5.91 Å². The third-order valence-electron chi connectivity index (χ3n) is 3.87. The Balaban J connectivity index is 1.52. The van der Waals surface area contributed by atoms with Crippen molar-refractivity contribution in [3.63, 3.8) is 0 Å². The van der Waals surface area contributed by atoms with Gasteiger partial charge >= 0.3 is 0 Å². The summed E-state index contributed by atoms with van der Waals surface area (Å²) in [5.41, 5.74) is 0. The minimum absolute atomic E-state index is 0.188. The number of anilines is 1. The largest absolute Gasteiger partial charge is 0.370 e. The van der Waals surface area contributed by atoms with Gasteiger partial charge in [-0.05, 0) is 51.3 Å². The van der Waals surface area contributed by atoms with Crippen molar-refractivity contribution in [3.05, 3.63) is 24.4 Å². The van der Waals surface area contributed by atoms with Crippen molar-refractivity contribution < 1.29 is 4.79 Å². The van der Waals surface area contributed by atoms with Gasteiger partial charge in [-0.2, -0.15) is 0 Å². The molecule has 1 aliphatic heterocycles. The summed E-state index contributed by atoms with van der Waals surface area (Å²) < 4.78 is 0. The summed E-state index contributed by atoms with van der Waals surface area (Å²) in [6, 6.07) is 6.29. The molecule has 1 aromatic heterocycles. The van der Waals surface area contributed by atoms with Crippen molar-refractivity contribution in [2.24, 2.45) is 5.92 Å². The molecule has 0 bridgehead atoms. The first-order chi connectivity index (χ1) is 10.3. The van der Waals surface area contributed by atoms with Crippen LogP contribution in [-0.2, 0) is 4.79 Å². The lowest BCUT2D eigenvalue weighted by Gasteiger charge is -2.27. The number of carbonyl (C=O) groups excluding carboxylic acids is 1. The van der Waals surface area contributed by atoms with Crippen LogP contribution in [0, 0.1) is 5.92 Å². The average molecular weight is 290 g/mol. The van der Waals surface area contributed by atoms with Crippen LogP contribution in [0.4, 0.5) is 5.82 Å². The lowest BCUT2D eigenvalue weighted by molar-refractivity contribution is -0.126. The van der Waals surface area contributed by atoms with E-state index in [1.54, 1.807) is 6.20 Å². The molecule has 0 radical (unpaired) electrons. The number of unbranched alkanes of at least 4 members (excludes halogenated alkanes) is 1. The van der Waals surface area contributed by atoms with Crippen LogP contribution in [0.25, 0.3) is 0 Å². The second-order valence-corrected chi connectivity index (χ2v) is 5.72. The Morgan fingerprint density at radius 1 is 1.38 bits per heavy atom. The highest BCUT2D eigenvalue weighted by Crippen LogP contribution is 2.15. The Labute approximate surface area is 126 Å². The smallest absolute Gasteiger partial charge is 0.223 e. The second kappa shape index (κ2) is 8.62. The van der Waals surface area contributed by atoms with Crippen LogP contribution in [0.1, 0.15) is 32.6 Å². The number of piperidine rings is 1. The minimum atomic E-state index is 0.188. The minimum Gasteiger partial charge on any atom is -0.370 e. The van der Waals surface area contributed by atoms with Gasteiger partial charge < -0.3 is 16.0 Å². The summed E-state index contributed by atoms with van der Waals surface area (Å²) in [6.07, 6.45) is 5.71. The van der Waals surface area contributed by atoms with Crippen LogP contribution in [0.3, 0.4) is 0 Å². The Morgan fingerprint density at radius 2 is 2.24 bits per heavy atom. The molecule has 0 unspecified atom stereocenters. The predicted molar refractivity (Wildman–Crippen MR) is 85.2 cm³/mol. The maximum Gasteiger partial charge on any atom is 0.223 e. The first-order valence-corrected chi connectivity index (χ1v) is 7.91. The summed E-state index contributed by atoms with van der Waals surface area (Å²) in [5, 5.41) is 9.70. The molecule has 0 spiro atoms. The number of amides is 1. The summed E-state index contributed by atoms with van der Waals surface area (Å²) >= 11 is 0. The quantitative estimate of drug-likeness (QED) is 0.670. The van der Waals surface area contributed by atoms with Gasteiger partial charge in [-0.25, -0.2) is 4.98 Å². The van der Waals surface area contributed by atoms with E-state index < -0.39 is 0 Å². The number of hydrogen-bond acceptors (Lipinski definition) is 4. The molecule has 1 aliphatic rings. The lowest BCUT2D eigenvalue weighted by Crippen LogP contribution is -2.42. The van der Waals surface area contributed by atoms with Crippen LogP contribution in [0.5, 0.6) is 0 Å². The van der Waals surface area contributed by atoms with Gasteiger partial charge in [-0.15, -0.1) is 0 Å². The molecule has 116 valence electrons. The standard InChI is InChI=1S/C16H26N4O/c1-13-12-14(7-11-17-13)16(21)20-10-5-4-9-19-15-6-2-3-8-18-15/h2-3,6,8,13-14,17H,4-5,7,9-12H2,1H3,(H,18,19)(H,20,21)/t13-,14-/m0/s1. The number of rotatable bonds is 7. The number of nitrogens with zero attached hydrogens (tertiary/aromatic N) is 1. The topological polar surface area (TPSA) is 66.0 Å². The van der Waals surface area contributed by atoms with Gasteiger partial charge in [0, 0.05) is 31.2 Å². The fraction of sp³-hybridized carbons (Fsp3) is 0.625. The highest BCUT2D eigenvalue weighted by molar-refractivity contribution is 5.78. The molecule has 0 aromatic carbocycles. The van der Waals surface area contributed by atoms with E-state index in [0.29, 0.717) is 6.04 Å². The lowest BCUT2D eigenvalue weighted by atomic mass is 9.92. The fourth-order valence-corrected chi connectivity index (χ4v) is 2.66. The third kappa shape index (κ3) is 5.71. The van der Waals surface area contributed by atoms with Gasteiger partial charge in [0.25, 0.3) is 0 Å². The van der Waals surface area contributed by atoms with Crippen molar-refractivity contribution in [2.45, 2.75) is 38.6 Å². The normalized spacial score (nSPS) is 21.8. The number of aromatic nitrogens is 1. The van der Waals surface area contributed by atoms with Gasteiger partial charge in [-0.1, -0.05) is 6.07 Å². The SMILES string of the molecule is C[C@H]1C[C@@H](C(=O)NCCCCNc2ccccn2)CCN1. The van der Waals surface area contributed by atoms with E-state index >= 15 is 0 Å². The van der Waals surface area contributed by atoms with Gasteiger partial charge in [0.1, 0.15) is 5.82 Å². The van der Waals surface area contributed by atoms with Gasteiger partial charge in [0.05, 0.1) is 0 Å². The molecule has 5 nitrogen and oxygen atoms in total. The second-order valence-electron chi connectivity index (χ2n) is 5.72. The monoisotopic (exact) mass is 290 g/mol. The van der Waals surface area contributed by atoms with Gasteiger partial charge in [-0.3, -0.25) is 4.79 Å². The highest BCUT2D eigenvalue weighted by atomic mass is 16.1. The summed E-state index contributed by atoms with van der Waals surface area (Å²) in [7, 11) is 0. The van der Waals surface area contributed by atoms with Gasteiger partial charge in [0.15, 0.2) is 0 Å². The first-order valence-electron chi connectivity index (χ1n) is 7.91. The van der Waals surface area contributed by atoms with E-state index in [1.165, 1.54) is 0 Å². The molecule has 21 heavy (non-hydrogen) atoms. The molecule has 3 N–H and O–H groups in total. The molecule has 0 saturated carbocycles. The first kappa shape index (κ1) is 15.8. The molecule has 1 aromatic rings. The van der Waals surface area contributed by atoms with Crippen LogP contribution < -0.4 is 16.0 Å². The number of hydrogen-bond donors (Lipinski definition) is 3. The molecule has 2 heterocycles. The Hall–Kier alpha value is -1.62. The van der Waals surface area contributed by atoms with Crippen LogP contribution in [0.2, 0.25) is 0 Å². The molecule has 1 saturated heterocycles. The zero-order chi connectivity index (χ0) is 14.9. The van der Waals surface area contributed by atoms with Crippen LogP contribution in [0.15, 0.2) is 24.4 Å². The summed E-state index contributed by atoms with van der Waals surface area (Å²) in [4.78, 5) is 16.2. The Morgan fingerprint density at radius 3 is 3.00 bits per heavy atom. The van der Waals surface area contributed by atoms with Crippen LogP contribution in [-0.4, -0.2) is 36.6 Å². The average Bonchev–Trinajstić information content (AvgIpc) is 2.51. The highest BCUT2D eigenvalue weighted by Gasteiger charge is 2.23. The summed E-state index contributed by atoms with van der Waals surface area (Å²) in [6.45, 7) is 4.74. The zero-order valence-electron chi connectivity index (χ0n) is 12.8. The van der Waals surface area contributed by atoms with Crippen molar-refractivity contribution in [3.8, 4) is 0 Å². The zero-order valence-corrected chi connectivity index (χ0v) is 12.8. The molecule has 2 atom stereocenters. The van der Waals surface area contributed by atoms with E-state index in [2.05, 4.69) is 27.9 Å². The van der Waals surface area contributed by atoms with E-state index in [0.717, 1.165) is 51.1 Å². The molecular weight excluding hydrogens is 264 g/mol. The van der Waals surface area contributed by atoms with Crippen LogP contribution >= 0.6 is 0 Å².